The van der Waals surface area contributed by atoms with E-state index in [0.717, 1.165) is 0 Å². The van der Waals surface area contributed by atoms with Crippen LogP contribution in [0.4, 0.5) is 4.39 Å². The zero-order chi connectivity index (χ0) is 18.3. The summed E-state index contributed by atoms with van der Waals surface area (Å²) in [4.78, 5) is 26.4. The van der Waals surface area contributed by atoms with E-state index in [1.807, 2.05) is 0 Å². The molecule has 1 N–H and O–H groups in total. The highest BCUT2D eigenvalue weighted by Gasteiger charge is 2.51. The van der Waals surface area contributed by atoms with Crippen molar-refractivity contribution >= 4 is 11.9 Å². The highest BCUT2D eigenvalue weighted by Crippen LogP contribution is 2.38. The molecule has 0 spiro atoms. The zero-order valence-corrected chi connectivity index (χ0v) is 14.3. The Kier molecular flexibility index (Phi) is 4.67. The van der Waals surface area contributed by atoms with Crippen LogP contribution < -0.4 is 0 Å². The normalized spacial score (nSPS) is 33.9. The molecule has 4 rings (SSSR count). The number of rotatable bonds is 3. The van der Waals surface area contributed by atoms with Crippen LogP contribution in [-0.4, -0.2) is 53.3 Å². The van der Waals surface area contributed by atoms with Crippen molar-refractivity contribution in [3.05, 3.63) is 35.6 Å². The highest BCUT2D eigenvalue weighted by atomic mass is 19.1. The maximum atomic E-state index is 13.5. The molecule has 0 unspecified atom stereocenters. The average molecular weight is 363 g/mol. The Hall–Kier alpha value is -1.99. The summed E-state index contributed by atoms with van der Waals surface area (Å²) in [5.74, 6) is -1.78. The van der Waals surface area contributed by atoms with E-state index in [2.05, 4.69) is 0 Å². The fourth-order valence-electron chi connectivity index (χ4n) is 4.45. The molecule has 3 saturated heterocycles. The van der Waals surface area contributed by atoms with Crippen molar-refractivity contribution in [3.8, 4) is 0 Å². The van der Waals surface area contributed by atoms with Crippen LogP contribution in [0.1, 0.15) is 37.4 Å². The summed E-state index contributed by atoms with van der Waals surface area (Å²) < 4.78 is 24.9. The molecule has 7 heteroatoms. The molecular formula is C19H22FNO5. The summed E-state index contributed by atoms with van der Waals surface area (Å²) in [7, 11) is 0. The third-order valence-electron chi connectivity index (χ3n) is 5.72. The Balaban J connectivity index is 1.52. The number of fused-ring (bicyclic) bond motifs is 1. The smallest absolute Gasteiger partial charge is 0.326 e. The minimum absolute atomic E-state index is 0.139. The first-order chi connectivity index (χ1) is 12.5. The quantitative estimate of drug-likeness (QED) is 0.890. The number of carbonyl (C=O) groups is 2. The molecule has 1 aromatic rings. The number of amides is 1. The van der Waals surface area contributed by atoms with Gasteiger partial charge in [0.2, 0.25) is 5.91 Å². The molecule has 6 nitrogen and oxygen atoms in total. The van der Waals surface area contributed by atoms with Gasteiger partial charge < -0.3 is 19.5 Å². The Morgan fingerprint density at radius 1 is 1.15 bits per heavy atom. The number of hydrogen-bond acceptors (Lipinski definition) is 4. The number of ether oxygens (including phenoxy) is 2. The Morgan fingerprint density at radius 3 is 2.73 bits per heavy atom. The molecule has 3 fully saturated rings. The largest absolute Gasteiger partial charge is 0.480 e. The van der Waals surface area contributed by atoms with Gasteiger partial charge in [-0.3, -0.25) is 4.79 Å². The first-order valence-electron chi connectivity index (χ1n) is 9.08. The number of nitrogens with zero attached hydrogens (tertiary/aromatic N) is 1. The van der Waals surface area contributed by atoms with Crippen LogP contribution >= 0.6 is 0 Å². The van der Waals surface area contributed by atoms with E-state index in [1.54, 1.807) is 17.0 Å². The van der Waals surface area contributed by atoms with E-state index in [-0.39, 0.29) is 35.9 Å². The van der Waals surface area contributed by atoms with Crippen LogP contribution in [0.25, 0.3) is 0 Å². The van der Waals surface area contributed by atoms with Crippen LogP contribution in [-0.2, 0) is 19.1 Å². The van der Waals surface area contributed by atoms with Crippen molar-refractivity contribution < 1.29 is 28.6 Å². The number of carboxylic acid groups (broad SMARTS) is 1. The van der Waals surface area contributed by atoms with Crippen LogP contribution in [0.5, 0.6) is 0 Å². The van der Waals surface area contributed by atoms with Crippen LogP contribution in [0.3, 0.4) is 0 Å². The van der Waals surface area contributed by atoms with Crippen molar-refractivity contribution in [1.29, 1.82) is 0 Å². The van der Waals surface area contributed by atoms with E-state index in [0.29, 0.717) is 44.5 Å². The van der Waals surface area contributed by atoms with Gasteiger partial charge in [0.05, 0.1) is 18.2 Å². The molecule has 3 aliphatic heterocycles. The monoisotopic (exact) mass is 363 g/mol. The van der Waals surface area contributed by atoms with Gasteiger partial charge in [0.25, 0.3) is 0 Å². The second-order valence-electron chi connectivity index (χ2n) is 7.24. The number of benzene rings is 1. The fraction of sp³-hybridized carbons (Fsp3) is 0.579. The molecule has 3 heterocycles. The summed E-state index contributed by atoms with van der Waals surface area (Å²) in [6.45, 7) is 0.957. The van der Waals surface area contributed by atoms with Gasteiger partial charge in [0.1, 0.15) is 11.9 Å². The Morgan fingerprint density at radius 2 is 1.96 bits per heavy atom. The lowest BCUT2D eigenvalue weighted by molar-refractivity contribution is -0.154. The molecule has 0 saturated carbocycles. The second-order valence-corrected chi connectivity index (χ2v) is 7.24. The minimum Gasteiger partial charge on any atom is -0.480 e. The summed E-state index contributed by atoms with van der Waals surface area (Å²) in [5.41, 5.74) is 0.709. The van der Waals surface area contributed by atoms with E-state index in [9.17, 15) is 19.1 Å². The van der Waals surface area contributed by atoms with E-state index in [1.165, 1.54) is 12.1 Å². The topological polar surface area (TPSA) is 76.1 Å². The van der Waals surface area contributed by atoms with Gasteiger partial charge in [-0.25, -0.2) is 9.18 Å². The predicted octanol–water partition coefficient (Wildman–Crippen LogP) is 2.14. The lowest BCUT2D eigenvalue weighted by Gasteiger charge is -2.35. The van der Waals surface area contributed by atoms with E-state index in [4.69, 9.17) is 9.47 Å². The summed E-state index contributed by atoms with van der Waals surface area (Å²) in [6, 6.07) is 5.23. The average Bonchev–Trinajstić information content (AvgIpc) is 3.22. The third kappa shape index (κ3) is 3.10. The maximum Gasteiger partial charge on any atom is 0.326 e. The number of hydrogen-bond donors (Lipinski definition) is 1. The Labute approximate surface area is 150 Å². The van der Waals surface area contributed by atoms with Crippen LogP contribution in [0.2, 0.25) is 0 Å². The lowest BCUT2D eigenvalue weighted by atomic mass is 9.90. The fourth-order valence-corrected chi connectivity index (χ4v) is 4.45. The molecule has 0 aromatic heterocycles. The van der Waals surface area contributed by atoms with Crippen molar-refractivity contribution in [2.75, 3.05) is 13.2 Å². The SMILES string of the molecule is O=C(O)[C@@H]1C[C@@H]2OCC[C@@H]2N1C(=O)[C@@H]1CCO[C@H](c2cccc(F)c2)C1. The molecule has 3 aliphatic rings. The summed E-state index contributed by atoms with van der Waals surface area (Å²) >= 11 is 0. The number of carboxylic acids is 1. The number of carbonyl (C=O) groups excluding carboxylic acids is 1. The summed E-state index contributed by atoms with van der Waals surface area (Å²) in [6.07, 6.45) is 1.47. The third-order valence-corrected chi connectivity index (χ3v) is 5.72. The maximum absolute atomic E-state index is 13.5. The van der Waals surface area contributed by atoms with Crippen LogP contribution in [0, 0.1) is 11.7 Å². The molecule has 1 amide bonds. The Bertz CT molecular complexity index is 711. The minimum atomic E-state index is -0.981. The van der Waals surface area contributed by atoms with Gasteiger partial charge in [0, 0.05) is 25.6 Å². The standard InChI is InChI=1S/C19H22FNO5/c20-13-3-1-2-11(8-13)16-9-12(4-6-25-16)18(22)21-14-5-7-26-17(14)10-15(21)19(23)24/h1-3,8,12,14-17H,4-7,9-10H2,(H,23,24)/t12-,14+,15+,16+,17+/m1/s1. The number of aliphatic carboxylic acids is 1. The van der Waals surface area contributed by atoms with Gasteiger partial charge in [0.15, 0.2) is 0 Å². The molecule has 0 radical (unpaired) electrons. The van der Waals surface area contributed by atoms with Gasteiger partial charge >= 0.3 is 5.97 Å². The zero-order valence-electron chi connectivity index (χ0n) is 14.3. The van der Waals surface area contributed by atoms with Crippen molar-refractivity contribution in [2.45, 2.75) is 50.0 Å². The molecular weight excluding hydrogens is 341 g/mol. The molecule has 0 aliphatic carbocycles. The van der Waals surface area contributed by atoms with Gasteiger partial charge in [-0.05, 0) is 37.0 Å². The predicted molar refractivity (Wildman–Crippen MR) is 88.8 cm³/mol. The first-order valence-corrected chi connectivity index (χ1v) is 9.08. The second kappa shape index (κ2) is 6.96. The summed E-state index contributed by atoms with van der Waals surface area (Å²) in [5, 5.41) is 9.53. The highest BCUT2D eigenvalue weighted by molar-refractivity contribution is 5.86. The van der Waals surface area contributed by atoms with Crippen molar-refractivity contribution in [1.82, 2.24) is 4.90 Å². The first kappa shape index (κ1) is 17.4. The molecule has 1 aromatic carbocycles. The molecule has 26 heavy (non-hydrogen) atoms. The molecule has 0 bridgehead atoms. The van der Waals surface area contributed by atoms with E-state index < -0.39 is 12.0 Å². The van der Waals surface area contributed by atoms with Gasteiger partial charge in [-0.15, -0.1) is 0 Å². The molecule has 140 valence electrons. The molecule has 5 atom stereocenters. The van der Waals surface area contributed by atoms with Crippen molar-refractivity contribution in [2.24, 2.45) is 5.92 Å². The van der Waals surface area contributed by atoms with Gasteiger partial charge in [-0.1, -0.05) is 12.1 Å². The number of halogens is 1. The van der Waals surface area contributed by atoms with Crippen LogP contribution in [0.15, 0.2) is 24.3 Å². The van der Waals surface area contributed by atoms with Crippen molar-refractivity contribution in [3.63, 3.8) is 0 Å². The lowest BCUT2D eigenvalue weighted by Crippen LogP contribution is -2.49. The number of likely N-dealkylation sites (tertiary alicyclic amines) is 1. The van der Waals surface area contributed by atoms with Gasteiger partial charge in [-0.2, -0.15) is 0 Å². The van der Waals surface area contributed by atoms with E-state index >= 15 is 0 Å².